The van der Waals surface area contributed by atoms with E-state index in [2.05, 4.69) is 0 Å². The van der Waals surface area contributed by atoms with Crippen LogP contribution in [0.25, 0.3) is 0 Å². The first-order valence-electron chi connectivity index (χ1n) is 2.52. The van der Waals surface area contributed by atoms with Crippen LogP contribution in [-0.4, -0.2) is 29.0 Å². The van der Waals surface area contributed by atoms with E-state index in [4.69, 9.17) is 15.9 Å². The van der Waals surface area contributed by atoms with E-state index >= 15 is 0 Å². The molecule has 10 heavy (non-hydrogen) atoms. The molecule has 4 nitrogen and oxygen atoms in total. The summed E-state index contributed by atoms with van der Waals surface area (Å²) < 4.78 is 11.6. The molecule has 0 aromatic carbocycles. The third-order valence-corrected chi connectivity index (χ3v) is 0.932. The van der Waals surface area contributed by atoms with Crippen molar-refractivity contribution in [2.24, 2.45) is 5.73 Å². The van der Waals surface area contributed by atoms with Crippen molar-refractivity contribution in [1.82, 2.24) is 0 Å². The van der Waals surface area contributed by atoms with E-state index in [0.717, 1.165) is 0 Å². The summed E-state index contributed by atoms with van der Waals surface area (Å²) in [6, 6.07) is 0. The van der Waals surface area contributed by atoms with Crippen LogP contribution < -0.4 is 5.73 Å². The maximum atomic E-state index is 11.6. The molecular formula is C5H8FNO3. The highest BCUT2D eigenvalue weighted by Gasteiger charge is 2.16. The lowest BCUT2D eigenvalue weighted by Crippen LogP contribution is -2.20. The Hall–Kier alpha value is -1.10. The number of carboxylic acids is 1. The molecule has 0 aliphatic rings. The van der Waals surface area contributed by atoms with E-state index in [0.29, 0.717) is 6.20 Å². The number of aliphatic carboxylic acids is 1. The van der Waals surface area contributed by atoms with Gasteiger partial charge in [-0.05, 0) is 0 Å². The third kappa shape index (κ3) is 2.02. The molecular weight excluding hydrogens is 141 g/mol. The van der Waals surface area contributed by atoms with Gasteiger partial charge in [0.15, 0.2) is 0 Å². The molecule has 4 N–H and O–H groups in total. The number of carboxylic acid groups (broad SMARTS) is 1. The molecule has 0 fully saturated rings. The first-order chi connectivity index (χ1) is 4.63. The van der Waals surface area contributed by atoms with Crippen molar-refractivity contribution in [3.63, 3.8) is 0 Å². The van der Waals surface area contributed by atoms with Gasteiger partial charge in [-0.15, -0.1) is 0 Å². The fourth-order valence-corrected chi connectivity index (χ4v) is 0.408. The molecule has 0 saturated heterocycles. The Morgan fingerprint density at radius 2 is 2.30 bits per heavy atom. The Bertz CT molecular complexity index is 157. The van der Waals surface area contributed by atoms with Crippen LogP contribution in [0.5, 0.6) is 0 Å². The van der Waals surface area contributed by atoms with Gasteiger partial charge in [0, 0.05) is 6.20 Å². The highest BCUT2D eigenvalue weighted by atomic mass is 19.1. The molecule has 0 rings (SSSR count). The first-order valence-corrected chi connectivity index (χ1v) is 2.52. The molecule has 0 heterocycles. The predicted octanol–water partition coefficient (Wildman–Crippen LogP) is -0.756. The Balaban J connectivity index is 4.23. The van der Waals surface area contributed by atoms with Gasteiger partial charge in [0.05, 0.1) is 5.57 Å². The Kier molecular flexibility index (Phi) is 3.42. The van der Waals surface area contributed by atoms with Crippen LogP contribution >= 0.6 is 0 Å². The van der Waals surface area contributed by atoms with Gasteiger partial charge in [-0.2, -0.15) is 0 Å². The van der Waals surface area contributed by atoms with Crippen molar-refractivity contribution < 1.29 is 19.4 Å². The fourth-order valence-electron chi connectivity index (χ4n) is 0.408. The maximum Gasteiger partial charge on any atom is 0.335 e. The lowest BCUT2D eigenvalue weighted by atomic mass is 10.2. The second-order valence-corrected chi connectivity index (χ2v) is 1.60. The number of aliphatic hydroxyl groups is 1. The number of hydrogen-bond acceptors (Lipinski definition) is 3. The second kappa shape index (κ2) is 3.84. The van der Waals surface area contributed by atoms with Gasteiger partial charge in [0.1, 0.15) is 12.8 Å². The SMILES string of the molecule is N/C=C(\C(=O)O)[C@H](O)CF. The Morgan fingerprint density at radius 1 is 1.80 bits per heavy atom. The number of halogens is 1. The van der Waals surface area contributed by atoms with Crippen LogP contribution in [0, 0.1) is 0 Å². The summed E-state index contributed by atoms with van der Waals surface area (Å²) in [5.41, 5.74) is 4.26. The number of rotatable bonds is 3. The van der Waals surface area contributed by atoms with Gasteiger partial charge in [-0.1, -0.05) is 0 Å². The van der Waals surface area contributed by atoms with Crippen molar-refractivity contribution >= 4 is 5.97 Å². The molecule has 0 radical (unpaired) electrons. The normalized spacial score (nSPS) is 14.8. The number of carbonyl (C=O) groups is 1. The topological polar surface area (TPSA) is 83.6 Å². The van der Waals surface area contributed by atoms with Gasteiger partial charge in [-0.25, -0.2) is 9.18 Å². The van der Waals surface area contributed by atoms with Crippen molar-refractivity contribution in [3.8, 4) is 0 Å². The molecule has 1 atom stereocenters. The minimum atomic E-state index is -1.62. The summed E-state index contributed by atoms with van der Waals surface area (Å²) in [6.07, 6.45) is -0.949. The van der Waals surface area contributed by atoms with Gasteiger partial charge < -0.3 is 15.9 Å². The van der Waals surface area contributed by atoms with Gasteiger partial charge in [0.2, 0.25) is 0 Å². The number of aliphatic hydroxyl groups excluding tert-OH is 1. The van der Waals surface area contributed by atoms with Crippen LogP contribution in [-0.2, 0) is 4.79 Å². The summed E-state index contributed by atoms with van der Waals surface area (Å²) in [5.74, 6) is -1.41. The van der Waals surface area contributed by atoms with E-state index < -0.39 is 24.3 Å². The third-order valence-electron chi connectivity index (χ3n) is 0.932. The summed E-state index contributed by atoms with van der Waals surface area (Å²) in [7, 11) is 0. The molecule has 0 spiro atoms. The molecule has 5 heteroatoms. The minimum Gasteiger partial charge on any atom is -0.478 e. The Labute approximate surface area is 56.8 Å². The van der Waals surface area contributed by atoms with E-state index in [-0.39, 0.29) is 0 Å². The molecule has 58 valence electrons. The quantitative estimate of drug-likeness (QED) is 0.461. The van der Waals surface area contributed by atoms with Crippen molar-refractivity contribution in [3.05, 3.63) is 11.8 Å². The monoisotopic (exact) mass is 149 g/mol. The number of alkyl halides is 1. The van der Waals surface area contributed by atoms with E-state index in [9.17, 15) is 9.18 Å². The zero-order valence-electron chi connectivity index (χ0n) is 5.12. The highest BCUT2D eigenvalue weighted by Crippen LogP contribution is 2.00. The number of nitrogens with two attached hydrogens (primary N) is 1. The first kappa shape index (κ1) is 8.90. The Morgan fingerprint density at radius 3 is 2.40 bits per heavy atom. The largest absolute Gasteiger partial charge is 0.478 e. The summed E-state index contributed by atoms with van der Waals surface area (Å²) in [6.45, 7) is -1.14. The number of hydrogen-bond donors (Lipinski definition) is 3. The molecule has 0 unspecified atom stereocenters. The average Bonchev–Trinajstić information content (AvgIpc) is 1.88. The van der Waals surface area contributed by atoms with Crippen LogP contribution in [0.1, 0.15) is 0 Å². The van der Waals surface area contributed by atoms with Gasteiger partial charge >= 0.3 is 5.97 Å². The standard InChI is InChI=1S/C5H8FNO3/c6-1-4(8)3(2-7)5(9)10/h2,4,8H,1,7H2,(H,9,10)/b3-2-/t4-/m1/s1. The summed E-state index contributed by atoms with van der Waals surface area (Å²) >= 11 is 0. The smallest absolute Gasteiger partial charge is 0.335 e. The average molecular weight is 149 g/mol. The summed E-state index contributed by atoms with van der Waals surface area (Å²) in [4.78, 5) is 10.1. The summed E-state index contributed by atoms with van der Waals surface area (Å²) in [5, 5.41) is 16.8. The molecule has 0 aromatic rings. The van der Waals surface area contributed by atoms with Crippen LogP contribution in [0.4, 0.5) is 4.39 Å². The fraction of sp³-hybridized carbons (Fsp3) is 0.400. The van der Waals surface area contributed by atoms with Gasteiger partial charge in [-0.3, -0.25) is 0 Å². The zero-order chi connectivity index (χ0) is 8.15. The molecule has 0 aromatic heterocycles. The second-order valence-electron chi connectivity index (χ2n) is 1.60. The highest BCUT2D eigenvalue weighted by molar-refractivity contribution is 5.87. The molecule has 0 aliphatic carbocycles. The molecule has 0 aliphatic heterocycles. The van der Waals surface area contributed by atoms with E-state index in [1.54, 1.807) is 0 Å². The maximum absolute atomic E-state index is 11.6. The molecule has 0 saturated carbocycles. The zero-order valence-corrected chi connectivity index (χ0v) is 5.12. The van der Waals surface area contributed by atoms with Gasteiger partial charge in [0.25, 0.3) is 0 Å². The van der Waals surface area contributed by atoms with Crippen LogP contribution in [0.15, 0.2) is 11.8 Å². The van der Waals surface area contributed by atoms with E-state index in [1.807, 2.05) is 0 Å². The van der Waals surface area contributed by atoms with E-state index in [1.165, 1.54) is 0 Å². The van der Waals surface area contributed by atoms with Crippen molar-refractivity contribution in [2.75, 3.05) is 6.67 Å². The minimum absolute atomic E-state index is 0.525. The van der Waals surface area contributed by atoms with Crippen molar-refractivity contribution in [1.29, 1.82) is 0 Å². The predicted molar refractivity (Wildman–Crippen MR) is 31.9 cm³/mol. The lowest BCUT2D eigenvalue weighted by molar-refractivity contribution is -0.133. The molecule has 0 amide bonds. The van der Waals surface area contributed by atoms with Crippen LogP contribution in [0.2, 0.25) is 0 Å². The molecule has 0 bridgehead atoms. The van der Waals surface area contributed by atoms with Crippen molar-refractivity contribution in [2.45, 2.75) is 6.10 Å². The lowest BCUT2D eigenvalue weighted by Gasteiger charge is -2.04. The van der Waals surface area contributed by atoms with Crippen LogP contribution in [0.3, 0.4) is 0 Å².